The smallest absolute Gasteiger partial charge is 0.228 e. The van der Waals surface area contributed by atoms with Gasteiger partial charge >= 0.3 is 0 Å². The molecule has 3 saturated heterocycles. The third kappa shape index (κ3) is 4.06. The quantitative estimate of drug-likeness (QED) is 0.379. The number of nitrogens with zero attached hydrogens (tertiary/aromatic N) is 5. The number of piperazine rings is 1. The highest BCUT2D eigenvalue weighted by Crippen LogP contribution is 2.43. The molecule has 4 heterocycles. The minimum Gasteiger partial charge on any atom is -0.508 e. The molecule has 3 fully saturated rings. The highest BCUT2D eigenvalue weighted by molar-refractivity contribution is 6.35. The van der Waals surface area contributed by atoms with Gasteiger partial charge in [-0.1, -0.05) is 23.7 Å². The lowest BCUT2D eigenvalue weighted by Gasteiger charge is -2.43. The number of benzene rings is 3. The topological polar surface area (TPSA) is 67.8 Å². The molecule has 2 bridgehead atoms. The maximum Gasteiger partial charge on any atom is 0.228 e. The van der Waals surface area contributed by atoms with Gasteiger partial charge in [0.05, 0.1) is 5.02 Å². The third-order valence-electron chi connectivity index (χ3n) is 8.42. The van der Waals surface area contributed by atoms with Crippen molar-refractivity contribution in [2.24, 2.45) is 0 Å². The van der Waals surface area contributed by atoms with E-state index < -0.39 is 11.6 Å². The number of nitrogens with one attached hydrogen (secondary N) is 1. The Morgan fingerprint density at radius 1 is 1.00 bits per heavy atom. The van der Waals surface area contributed by atoms with E-state index in [2.05, 4.69) is 20.0 Å². The molecule has 3 aromatic carbocycles. The third-order valence-corrected chi connectivity index (χ3v) is 8.72. The number of aromatic hydroxyl groups is 1. The van der Waals surface area contributed by atoms with Crippen LogP contribution in [0, 0.1) is 11.6 Å². The Hall–Kier alpha value is -3.27. The van der Waals surface area contributed by atoms with Gasteiger partial charge in [0.2, 0.25) is 5.95 Å². The number of halogens is 3. The first kappa shape index (κ1) is 24.7. The van der Waals surface area contributed by atoms with Gasteiger partial charge in [-0.25, -0.2) is 13.8 Å². The molecule has 0 radical (unpaired) electrons. The molecule has 202 valence electrons. The van der Waals surface area contributed by atoms with E-state index >= 15 is 8.78 Å². The fraction of sp³-hybridized carbons (Fsp3) is 0.379. The summed E-state index contributed by atoms with van der Waals surface area (Å²) >= 11 is 6.78. The fourth-order valence-electron chi connectivity index (χ4n) is 6.28. The van der Waals surface area contributed by atoms with Gasteiger partial charge in [-0.05, 0) is 56.6 Å². The van der Waals surface area contributed by atoms with E-state index in [0.717, 1.165) is 39.0 Å². The SMILES string of the molecule is CN(C)C1CN(c2nc(N3CC4CCC(C3)N4)c3cc(Cl)c(-c4cc(O)cc5cccc(F)c45)c(F)c3n2)C1. The number of fused-ring (bicyclic) bond motifs is 4. The van der Waals surface area contributed by atoms with Crippen LogP contribution in [-0.4, -0.2) is 78.4 Å². The van der Waals surface area contributed by atoms with Crippen molar-refractivity contribution in [2.45, 2.75) is 31.0 Å². The molecule has 39 heavy (non-hydrogen) atoms. The van der Waals surface area contributed by atoms with Gasteiger partial charge in [0.15, 0.2) is 5.82 Å². The van der Waals surface area contributed by atoms with E-state index in [9.17, 15) is 5.11 Å². The molecule has 0 amide bonds. The molecule has 0 saturated carbocycles. The number of likely N-dealkylation sites (N-methyl/N-ethyl adjacent to an activating group) is 1. The van der Waals surface area contributed by atoms with E-state index in [1.54, 1.807) is 18.2 Å². The van der Waals surface area contributed by atoms with Gasteiger partial charge < -0.3 is 25.1 Å². The van der Waals surface area contributed by atoms with Crippen molar-refractivity contribution in [1.29, 1.82) is 0 Å². The van der Waals surface area contributed by atoms with Gasteiger partial charge in [0.25, 0.3) is 0 Å². The Morgan fingerprint density at radius 3 is 2.46 bits per heavy atom. The Kier molecular flexibility index (Phi) is 5.80. The predicted molar refractivity (Wildman–Crippen MR) is 151 cm³/mol. The van der Waals surface area contributed by atoms with Crippen LogP contribution in [0.2, 0.25) is 5.02 Å². The van der Waals surface area contributed by atoms with Crippen LogP contribution in [0.25, 0.3) is 32.8 Å². The lowest BCUT2D eigenvalue weighted by molar-refractivity contribution is 0.245. The molecular formula is C29H29ClF2N6O. The molecule has 4 aromatic rings. The van der Waals surface area contributed by atoms with E-state index in [0.29, 0.717) is 40.7 Å². The van der Waals surface area contributed by atoms with Crippen molar-refractivity contribution in [3.05, 3.63) is 53.1 Å². The Morgan fingerprint density at radius 2 is 1.74 bits per heavy atom. The van der Waals surface area contributed by atoms with Crippen molar-refractivity contribution in [2.75, 3.05) is 50.1 Å². The van der Waals surface area contributed by atoms with Gasteiger partial charge in [0.1, 0.15) is 22.9 Å². The van der Waals surface area contributed by atoms with Crippen LogP contribution in [0.4, 0.5) is 20.5 Å². The van der Waals surface area contributed by atoms with Crippen molar-refractivity contribution in [1.82, 2.24) is 20.2 Å². The van der Waals surface area contributed by atoms with Gasteiger partial charge in [-0.15, -0.1) is 0 Å². The second-order valence-corrected chi connectivity index (χ2v) is 11.6. The summed E-state index contributed by atoms with van der Waals surface area (Å²) in [5.41, 5.74) is 0.341. The zero-order valence-corrected chi connectivity index (χ0v) is 22.5. The van der Waals surface area contributed by atoms with Crippen molar-refractivity contribution < 1.29 is 13.9 Å². The van der Waals surface area contributed by atoms with E-state index in [4.69, 9.17) is 21.6 Å². The maximum atomic E-state index is 16.7. The lowest BCUT2D eigenvalue weighted by atomic mass is 9.95. The summed E-state index contributed by atoms with van der Waals surface area (Å²) in [6.07, 6.45) is 2.20. The average Bonchev–Trinajstić information content (AvgIpc) is 3.20. The van der Waals surface area contributed by atoms with Gasteiger partial charge in [-0.2, -0.15) is 4.98 Å². The first-order chi connectivity index (χ1) is 18.8. The number of phenolic OH excluding ortho intramolecular Hbond substituents is 1. The predicted octanol–water partition coefficient (Wildman–Crippen LogP) is 4.78. The molecule has 2 N–H and O–H groups in total. The standard InChI is InChI=1S/C29H29ClF2N6O/c1-36(2)18-13-38(14-18)29-34-27-21(28(35-29)37-11-16-6-7-17(12-37)33-16)10-22(30)25(26(27)32)20-9-19(39)8-15-4-3-5-23(31)24(15)20/h3-5,8-10,16-18,33,39H,6-7,11-14H2,1-2H3. The van der Waals surface area contributed by atoms with E-state index in [-0.39, 0.29) is 32.8 Å². The van der Waals surface area contributed by atoms with E-state index in [1.807, 2.05) is 14.1 Å². The molecule has 7 rings (SSSR count). The van der Waals surface area contributed by atoms with Crippen LogP contribution in [-0.2, 0) is 0 Å². The summed E-state index contributed by atoms with van der Waals surface area (Å²) in [7, 11) is 4.08. The molecule has 2 unspecified atom stereocenters. The van der Waals surface area contributed by atoms with Crippen molar-refractivity contribution >= 4 is 45.0 Å². The number of hydrogen-bond acceptors (Lipinski definition) is 7. The normalized spacial score (nSPS) is 21.4. The molecule has 1 aromatic heterocycles. The highest BCUT2D eigenvalue weighted by Gasteiger charge is 2.36. The molecule has 3 aliphatic rings. The van der Waals surface area contributed by atoms with Crippen LogP contribution >= 0.6 is 11.6 Å². The van der Waals surface area contributed by atoms with E-state index in [1.165, 1.54) is 18.2 Å². The van der Waals surface area contributed by atoms with Gasteiger partial charge in [0, 0.05) is 66.2 Å². The van der Waals surface area contributed by atoms with Crippen LogP contribution < -0.4 is 15.1 Å². The Balaban J connectivity index is 1.44. The summed E-state index contributed by atoms with van der Waals surface area (Å²) in [5.74, 6) is -0.134. The summed E-state index contributed by atoms with van der Waals surface area (Å²) in [6.45, 7) is 3.03. The summed E-state index contributed by atoms with van der Waals surface area (Å²) in [6, 6.07) is 10.1. The minimum absolute atomic E-state index is 0.0147. The van der Waals surface area contributed by atoms with Crippen LogP contribution in [0.3, 0.4) is 0 Å². The maximum absolute atomic E-state index is 16.7. The zero-order valence-electron chi connectivity index (χ0n) is 21.8. The number of rotatable bonds is 4. The van der Waals surface area contributed by atoms with Crippen LogP contribution in [0.15, 0.2) is 36.4 Å². The first-order valence-corrected chi connectivity index (χ1v) is 13.7. The monoisotopic (exact) mass is 550 g/mol. The number of anilines is 2. The van der Waals surface area contributed by atoms with Crippen molar-refractivity contribution in [3.8, 4) is 16.9 Å². The fourth-order valence-corrected chi connectivity index (χ4v) is 6.57. The first-order valence-electron chi connectivity index (χ1n) is 13.3. The summed E-state index contributed by atoms with van der Waals surface area (Å²) in [4.78, 5) is 16.1. The molecule has 10 heteroatoms. The van der Waals surface area contributed by atoms with Crippen molar-refractivity contribution in [3.63, 3.8) is 0 Å². The molecular weight excluding hydrogens is 522 g/mol. The molecule has 0 spiro atoms. The molecule has 7 nitrogen and oxygen atoms in total. The zero-order chi connectivity index (χ0) is 27.0. The minimum atomic E-state index is -0.652. The summed E-state index contributed by atoms with van der Waals surface area (Å²) < 4.78 is 31.7. The Labute approximate surface area is 230 Å². The number of phenols is 1. The van der Waals surface area contributed by atoms with Crippen LogP contribution in [0.1, 0.15) is 12.8 Å². The van der Waals surface area contributed by atoms with Gasteiger partial charge in [-0.3, -0.25) is 0 Å². The highest BCUT2D eigenvalue weighted by atomic mass is 35.5. The lowest BCUT2D eigenvalue weighted by Crippen LogP contribution is -2.58. The Bertz CT molecular complexity index is 1610. The largest absolute Gasteiger partial charge is 0.508 e. The number of hydrogen-bond donors (Lipinski definition) is 2. The number of aromatic nitrogens is 2. The van der Waals surface area contributed by atoms with Crippen LogP contribution in [0.5, 0.6) is 5.75 Å². The average molecular weight is 551 g/mol. The molecule has 3 aliphatic heterocycles. The molecule has 0 aliphatic carbocycles. The second-order valence-electron chi connectivity index (χ2n) is 11.2. The summed E-state index contributed by atoms with van der Waals surface area (Å²) in [5, 5.41) is 15.3. The second kappa shape index (κ2) is 9.15. The molecule has 2 atom stereocenters.